The van der Waals surface area contributed by atoms with Gasteiger partial charge in [-0.05, 0) is 0 Å². The predicted molar refractivity (Wildman–Crippen MR) is 80.1 cm³/mol. The van der Waals surface area contributed by atoms with E-state index in [0.29, 0.717) is 0 Å². The Morgan fingerprint density at radius 3 is 2.71 bits per heavy atom. The topological polar surface area (TPSA) is 152 Å². The number of hydrogen-bond acceptors (Lipinski definition) is 8. The first-order valence-electron chi connectivity index (χ1n) is 7.18. The van der Waals surface area contributed by atoms with Crippen LogP contribution in [0.3, 0.4) is 0 Å². The van der Waals surface area contributed by atoms with Gasteiger partial charge in [-0.15, -0.1) is 0 Å². The third-order valence-corrected chi connectivity index (χ3v) is 3.88. The molecule has 24 heavy (non-hydrogen) atoms. The zero-order chi connectivity index (χ0) is 17.6. The predicted octanol–water partition coefficient (Wildman–Crippen LogP) is -2.30. The van der Waals surface area contributed by atoms with E-state index in [1.54, 1.807) is 0 Å². The van der Waals surface area contributed by atoms with Crippen molar-refractivity contribution in [2.45, 2.75) is 31.5 Å². The van der Waals surface area contributed by atoms with Gasteiger partial charge in [0.1, 0.15) is 18.3 Å². The molecule has 1 saturated heterocycles. The van der Waals surface area contributed by atoms with Crippen LogP contribution in [-0.2, 0) is 16.6 Å². The standard InChI is InChI=1S/C13H17N5O6/c1-5(20)15-13-16-10-7(11(23)17(13)2)14-4-18(10)12-9(22)8(21)6(3-19)24-12/h4,6,8-9,12,19,21-22H,3H2,1-2H3,(H,15,16,20)/t6-,8-,9-,12-/m1/s1. The SMILES string of the molecule is CC(=O)Nc1nc2c(ncn2[C@@H]2O[C@H](CO)[C@@H](O)[C@H]2O)c(=O)n1C. The minimum atomic E-state index is -1.34. The number of anilines is 1. The number of aromatic nitrogens is 4. The Labute approximate surface area is 135 Å². The first-order valence-corrected chi connectivity index (χ1v) is 7.18. The van der Waals surface area contributed by atoms with E-state index in [-0.39, 0.29) is 17.1 Å². The fourth-order valence-corrected chi connectivity index (χ4v) is 2.61. The first-order chi connectivity index (χ1) is 11.3. The van der Waals surface area contributed by atoms with Crippen molar-refractivity contribution in [3.05, 3.63) is 16.7 Å². The number of aliphatic hydroxyl groups is 3. The van der Waals surface area contributed by atoms with E-state index in [0.717, 1.165) is 4.57 Å². The normalized spacial score (nSPS) is 26.9. The molecule has 1 aliphatic rings. The molecule has 3 heterocycles. The average Bonchev–Trinajstić information content (AvgIpc) is 3.06. The van der Waals surface area contributed by atoms with Crippen LogP contribution >= 0.6 is 0 Å². The summed E-state index contributed by atoms with van der Waals surface area (Å²) in [4.78, 5) is 31.7. The van der Waals surface area contributed by atoms with Gasteiger partial charge in [0.15, 0.2) is 17.4 Å². The number of nitrogens with one attached hydrogen (secondary N) is 1. The number of ether oxygens (including phenoxy) is 1. The van der Waals surface area contributed by atoms with Crippen LogP contribution in [0.1, 0.15) is 13.2 Å². The number of amides is 1. The smallest absolute Gasteiger partial charge is 0.282 e. The number of aliphatic hydroxyl groups excluding tert-OH is 3. The summed E-state index contributed by atoms with van der Waals surface area (Å²) in [6, 6.07) is 0. The molecule has 2 aromatic rings. The van der Waals surface area contributed by atoms with Gasteiger partial charge < -0.3 is 20.1 Å². The lowest BCUT2D eigenvalue weighted by Gasteiger charge is -2.17. The average molecular weight is 339 g/mol. The Bertz CT molecular complexity index is 845. The molecule has 130 valence electrons. The van der Waals surface area contributed by atoms with Gasteiger partial charge in [0.05, 0.1) is 12.9 Å². The molecule has 0 aliphatic carbocycles. The van der Waals surface area contributed by atoms with Gasteiger partial charge in [-0.2, -0.15) is 4.98 Å². The summed E-state index contributed by atoms with van der Waals surface area (Å²) < 4.78 is 7.84. The highest BCUT2D eigenvalue weighted by molar-refractivity contribution is 5.87. The summed E-state index contributed by atoms with van der Waals surface area (Å²) in [7, 11) is 1.44. The number of hydrogen-bond donors (Lipinski definition) is 4. The number of carbonyl (C=O) groups excluding carboxylic acids is 1. The maximum absolute atomic E-state index is 12.3. The van der Waals surface area contributed by atoms with Crippen molar-refractivity contribution in [3.63, 3.8) is 0 Å². The van der Waals surface area contributed by atoms with Crippen molar-refractivity contribution in [2.75, 3.05) is 11.9 Å². The van der Waals surface area contributed by atoms with E-state index >= 15 is 0 Å². The van der Waals surface area contributed by atoms with Crippen molar-refractivity contribution < 1.29 is 24.9 Å². The highest BCUT2D eigenvalue weighted by Crippen LogP contribution is 2.30. The van der Waals surface area contributed by atoms with Crippen LogP contribution in [-0.4, -0.2) is 65.2 Å². The Morgan fingerprint density at radius 1 is 1.42 bits per heavy atom. The summed E-state index contributed by atoms with van der Waals surface area (Å²) >= 11 is 0. The number of imidazole rings is 1. The Balaban J connectivity index is 2.12. The van der Waals surface area contributed by atoms with E-state index < -0.39 is 42.6 Å². The molecule has 0 spiro atoms. The van der Waals surface area contributed by atoms with E-state index in [1.165, 1.54) is 24.9 Å². The van der Waals surface area contributed by atoms with Crippen LogP contribution < -0.4 is 10.9 Å². The quantitative estimate of drug-likeness (QED) is 0.487. The van der Waals surface area contributed by atoms with Crippen LogP contribution in [0.5, 0.6) is 0 Å². The molecule has 0 aromatic carbocycles. The van der Waals surface area contributed by atoms with E-state index in [2.05, 4.69) is 15.3 Å². The molecule has 0 bridgehead atoms. The fourth-order valence-electron chi connectivity index (χ4n) is 2.61. The zero-order valence-electron chi connectivity index (χ0n) is 12.9. The second kappa shape index (κ2) is 5.94. The minimum Gasteiger partial charge on any atom is -0.394 e. The lowest BCUT2D eigenvalue weighted by atomic mass is 10.1. The van der Waals surface area contributed by atoms with Crippen molar-refractivity contribution in [1.82, 2.24) is 19.1 Å². The van der Waals surface area contributed by atoms with Gasteiger partial charge in [0.2, 0.25) is 11.9 Å². The van der Waals surface area contributed by atoms with Crippen LogP contribution in [0.15, 0.2) is 11.1 Å². The Kier molecular flexibility index (Phi) is 4.09. The Hall–Kier alpha value is -2.34. The van der Waals surface area contributed by atoms with E-state index in [4.69, 9.17) is 9.84 Å². The number of carbonyl (C=O) groups is 1. The Morgan fingerprint density at radius 2 is 2.12 bits per heavy atom. The number of nitrogens with zero attached hydrogens (tertiary/aromatic N) is 4. The highest BCUT2D eigenvalue weighted by atomic mass is 16.6. The third-order valence-electron chi connectivity index (χ3n) is 3.88. The molecule has 0 unspecified atom stereocenters. The highest BCUT2D eigenvalue weighted by Gasteiger charge is 2.44. The lowest BCUT2D eigenvalue weighted by Crippen LogP contribution is -2.33. The van der Waals surface area contributed by atoms with Gasteiger partial charge in [-0.1, -0.05) is 0 Å². The van der Waals surface area contributed by atoms with E-state index in [1.807, 2.05) is 0 Å². The third kappa shape index (κ3) is 2.47. The van der Waals surface area contributed by atoms with Crippen molar-refractivity contribution in [1.29, 1.82) is 0 Å². The van der Waals surface area contributed by atoms with Gasteiger partial charge in [0.25, 0.3) is 5.56 Å². The molecule has 0 radical (unpaired) electrons. The van der Waals surface area contributed by atoms with Crippen LogP contribution in [0.25, 0.3) is 11.2 Å². The first kappa shape index (κ1) is 16.5. The summed E-state index contributed by atoms with van der Waals surface area (Å²) in [5.41, 5.74) is -0.393. The summed E-state index contributed by atoms with van der Waals surface area (Å²) in [5.74, 6) is -0.399. The summed E-state index contributed by atoms with van der Waals surface area (Å²) in [6.07, 6.45) is -3.43. The molecule has 0 saturated carbocycles. The van der Waals surface area contributed by atoms with Crippen LogP contribution in [0.4, 0.5) is 5.95 Å². The molecule has 1 amide bonds. The lowest BCUT2D eigenvalue weighted by molar-refractivity contribution is -0.114. The molecular weight excluding hydrogens is 322 g/mol. The van der Waals surface area contributed by atoms with Gasteiger partial charge in [-0.3, -0.25) is 24.0 Å². The second-order valence-electron chi connectivity index (χ2n) is 5.53. The molecule has 4 N–H and O–H groups in total. The molecule has 11 heteroatoms. The largest absolute Gasteiger partial charge is 0.394 e. The summed E-state index contributed by atoms with van der Waals surface area (Å²) in [5, 5.41) is 31.6. The number of fused-ring (bicyclic) bond motifs is 1. The maximum Gasteiger partial charge on any atom is 0.282 e. The monoisotopic (exact) mass is 339 g/mol. The van der Waals surface area contributed by atoms with E-state index in [9.17, 15) is 19.8 Å². The second-order valence-corrected chi connectivity index (χ2v) is 5.53. The minimum absolute atomic E-state index is 0.00786. The van der Waals surface area contributed by atoms with Gasteiger partial charge in [0, 0.05) is 14.0 Å². The molecule has 11 nitrogen and oxygen atoms in total. The molecule has 1 aliphatic heterocycles. The van der Waals surface area contributed by atoms with Gasteiger partial charge >= 0.3 is 0 Å². The zero-order valence-corrected chi connectivity index (χ0v) is 12.9. The van der Waals surface area contributed by atoms with Crippen molar-refractivity contribution >= 4 is 23.0 Å². The van der Waals surface area contributed by atoms with Crippen LogP contribution in [0.2, 0.25) is 0 Å². The van der Waals surface area contributed by atoms with Crippen LogP contribution in [0, 0.1) is 0 Å². The number of rotatable bonds is 3. The van der Waals surface area contributed by atoms with Crippen molar-refractivity contribution in [2.24, 2.45) is 7.05 Å². The molecule has 4 atom stereocenters. The molecular formula is C13H17N5O6. The molecule has 2 aromatic heterocycles. The maximum atomic E-state index is 12.3. The molecule has 1 fully saturated rings. The van der Waals surface area contributed by atoms with Gasteiger partial charge in [-0.25, -0.2) is 4.98 Å². The van der Waals surface area contributed by atoms with Crippen molar-refractivity contribution in [3.8, 4) is 0 Å². The fraction of sp³-hybridized carbons (Fsp3) is 0.538. The molecule has 3 rings (SSSR count). The summed E-state index contributed by atoms with van der Waals surface area (Å²) in [6.45, 7) is 0.799.